The van der Waals surface area contributed by atoms with Crippen LogP contribution in [0.4, 0.5) is 5.69 Å². The van der Waals surface area contributed by atoms with Crippen molar-refractivity contribution in [3.8, 4) is 22.5 Å². The van der Waals surface area contributed by atoms with Gasteiger partial charge in [0.1, 0.15) is 0 Å². The minimum Gasteiger partial charge on any atom is -0.478 e. The number of rotatable bonds is 5. The zero-order valence-corrected chi connectivity index (χ0v) is 19.2. The number of nitrogen functional groups attached to an aromatic ring is 1. The number of fused-ring (bicyclic) bond motifs is 2. The molecule has 36 heavy (non-hydrogen) atoms. The number of anilines is 1. The van der Waals surface area contributed by atoms with Gasteiger partial charge in [0, 0.05) is 16.5 Å². The van der Waals surface area contributed by atoms with E-state index in [4.69, 9.17) is 15.6 Å². The molecule has 0 atom stereocenters. The number of carboxylic acids is 2. The molecule has 0 saturated carbocycles. The van der Waals surface area contributed by atoms with Crippen LogP contribution in [0.2, 0.25) is 0 Å². The van der Waals surface area contributed by atoms with Gasteiger partial charge in [0.15, 0.2) is 21.1 Å². The summed E-state index contributed by atoms with van der Waals surface area (Å²) in [6.45, 7) is 0. The molecule has 2 aromatic rings. The van der Waals surface area contributed by atoms with Crippen molar-refractivity contribution in [2.75, 3.05) is 5.73 Å². The molecule has 0 saturated heterocycles. The maximum absolute atomic E-state index is 12.2. The summed E-state index contributed by atoms with van der Waals surface area (Å²) >= 11 is 0. The molecule has 13 nitrogen and oxygen atoms in total. The van der Waals surface area contributed by atoms with Gasteiger partial charge in [-0.05, 0) is 48.0 Å². The summed E-state index contributed by atoms with van der Waals surface area (Å²) in [5, 5.41) is 26.2. The third kappa shape index (κ3) is 3.95. The van der Waals surface area contributed by atoms with Gasteiger partial charge < -0.3 is 20.4 Å². The van der Waals surface area contributed by atoms with E-state index < -0.39 is 69.9 Å². The minimum absolute atomic E-state index is 0.201. The first-order valence-corrected chi connectivity index (χ1v) is 12.4. The van der Waals surface area contributed by atoms with Crippen molar-refractivity contribution >= 4 is 48.8 Å². The lowest BCUT2D eigenvalue weighted by molar-refractivity contribution is 0.0682. The van der Waals surface area contributed by atoms with Gasteiger partial charge in [-0.1, -0.05) is 0 Å². The number of carboxylic acid groups (broad SMARTS) is 2. The number of benzene rings is 3. The van der Waals surface area contributed by atoms with E-state index in [9.17, 15) is 45.7 Å². The van der Waals surface area contributed by atoms with Gasteiger partial charge >= 0.3 is 11.9 Å². The summed E-state index contributed by atoms with van der Waals surface area (Å²) in [5.41, 5.74) is 2.92. The van der Waals surface area contributed by atoms with Crippen molar-refractivity contribution in [1.29, 1.82) is 5.41 Å². The van der Waals surface area contributed by atoms with Crippen LogP contribution in [0.25, 0.3) is 33.4 Å². The first kappa shape index (κ1) is 24.8. The molecular formula is C21H14N2O11S2. The highest BCUT2D eigenvalue weighted by molar-refractivity contribution is 7.86. The highest BCUT2D eigenvalue weighted by Crippen LogP contribution is 2.45. The Hall–Kier alpha value is -4.31. The highest BCUT2D eigenvalue weighted by Gasteiger charge is 2.31. The first-order valence-electron chi connectivity index (χ1n) is 9.55. The molecule has 186 valence electrons. The predicted molar refractivity (Wildman–Crippen MR) is 122 cm³/mol. The molecule has 7 N–H and O–H groups in total. The summed E-state index contributed by atoms with van der Waals surface area (Å²) in [5.74, 6) is -3.71. The molecule has 1 heterocycles. The van der Waals surface area contributed by atoms with E-state index in [1.165, 1.54) is 6.07 Å². The second-order valence-corrected chi connectivity index (χ2v) is 10.2. The van der Waals surface area contributed by atoms with Crippen LogP contribution in [0.5, 0.6) is 0 Å². The molecule has 15 heteroatoms. The number of carbonyl (C=O) groups is 2. The maximum atomic E-state index is 12.2. The highest BCUT2D eigenvalue weighted by atomic mass is 32.2. The Kier molecular flexibility index (Phi) is 5.60. The van der Waals surface area contributed by atoms with Crippen LogP contribution < -0.4 is 11.1 Å². The lowest BCUT2D eigenvalue weighted by Crippen LogP contribution is -2.16. The Labute approximate surface area is 201 Å². The molecule has 0 fully saturated rings. The van der Waals surface area contributed by atoms with Crippen molar-refractivity contribution in [3.05, 3.63) is 58.9 Å². The van der Waals surface area contributed by atoms with E-state index in [1.54, 1.807) is 0 Å². The van der Waals surface area contributed by atoms with Gasteiger partial charge in [-0.25, -0.2) is 9.59 Å². The molecule has 0 bridgehead atoms. The lowest BCUT2D eigenvalue weighted by Gasteiger charge is -2.20. The zero-order valence-electron chi connectivity index (χ0n) is 17.6. The Bertz CT molecular complexity index is 1870. The zero-order chi connectivity index (χ0) is 26.7. The Morgan fingerprint density at radius 3 is 2.03 bits per heavy atom. The molecule has 1 aliphatic carbocycles. The number of hydrogen-bond donors (Lipinski definition) is 6. The van der Waals surface area contributed by atoms with Gasteiger partial charge in [0.25, 0.3) is 20.2 Å². The predicted octanol–water partition coefficient (Wildman–Crippen LogP) is 2.16. The second-order valence-electron chi connectivity index (χ2n) is 7.48. The Morgan fingerprint density at radius 1 is 0.833 bits per heavy atom. The molecule has 0 spiro atoms. The van der Waals surface area contributed by atoms with E-state index in [1.807, 2.05) is 0 Å². The smallest absolute Gasteiger partial charge is 0.336 e. The second kappa shape index (κ2) is 8.13. The third-order valence-corrected chi connectivity index (χ3v) is 7.14. The molecule has 0 unspecified atom stereocenters. The number of hydrogen-bond acceptors (Lipinski definition) is 9. The van der Waals surface area contributed by atoms with Crippen LogP contribution in [-0.4, -0.2) is 48.1 Å². The fourth-order valence-corrected chi connectivity index (χ4v) is 5.35. The molecule has 2 aliphatic rings. The van der Waals surface area contributed by atoms with Crippen molar-refractivity contribution in [1.82, 2.24) is 0 Å². The van der Waals surface area contributed by atoms with Crippen LogP contribution in [0.15, 0.2) is 56.7 Å². The number of aromatic carboxylic acids is 2. The average molecular weight is 534 g/mol. The average Bonchev–Trinajstić information content (AvgIpc) is 2.74. The molecular weight excluding hydrogens is 520 g/mol. The van der Waals surface area contributed by atoms with Crippen LogP contribution in [-0.2, 0) is 20.2 Å². The van der Waals surface area contributed by atoms with E-state index in [2.05, 4.69) is 0 Å². The topological polar surface area (TPSA) is 246 Å². The van der Waals surface area contributed by atoms with Gasteiger partial charge in [-0.3, -0.25) is 14.5 Å². The van der Waals surface area contributed by atoms with Crippen molar-refractivity contribution in [2.45, 2.75) is 9.79 Å². The van der Waals surface area contributed by atoms with Crippen molar-refractivity contribution in [3.63, 3.8) is 0 Å². The maximum Gasteiger partial charge on any atom is 0.336 e. The van der Waals surface area contributed by atoms with Gasteiger partial charge in [0.2, 0.25) is 0 Å². The number of nitrogens with two attached hydrogens (primary N) is 1. The molecule has 1 aliphatic heterocycles. The van der Waals surface area contributed by atoms with Gasteiger partial charge in [0.05, 0.1) is 22.2 Å². The van der Waals surface area contributed by atoms with Crippen molar-refractivity contribution < 1.29 is 50.2 Å². The normalized spacial score (nSPS) is 12.2. The quantitative estimate of drug-likeness (QED) is 0.122. The summed E-state index contributed by atoms with van der Waals surface area (Å²) in [4.78, 5) is 21.6. The molecule has 4 rings (SSSR count). The Morgan fingerprint density at radius 2 is 1.47 bits per heavy atom. The van der Waals surface area contributed by atoms with E-state index in [0.29, 0.717) is 0 Å². The van der Waals surface area contributed by atoms with Gasteiger partial charge in [-0.15, -0.1) is 0 Å². The molecule has 0 amide bonds. The lowest BCUT2D eigenvalue weighted by atomic mass is 9.89. The van der Waals surface area contributed by atoms with Crippen LogP contribution in [0.1, 0.15) is 20.7 Å². The summed E-state index contributed by atoms with van der Waals surface area (Å²) < 4.78 is 73.7. The molecule has 0 aromatic heterocycles. The summed E-state index contributed by atoms with van der Waals surface area (Å²) in [6.07, 6.45) is 0. The molecule has 0 radical (unpaired) electrons. The standard InChI is InChI=1S/C21H14N2O11S2/c22-13-5-3-10-15(12-7-8(20(24)25)1-2-9(12)21(26)27)11-4-6-14(23)19(36(31,32)33)17(11)34-16(10)18(13)35(28,29)30/h1-7,22H,23H2,(H,24,25)(H,26,27)(H,28,29,30)(H,31,32,33). The summed E-state index contributed by atoms with van der Waals surface area (Å²) in [6, 6.07) is 7.31. The van der Waals surface area contributed by atoms with E-state index in [-0.39, 0.29) is 27.6 Å². The summed E-state index contributed by atoms with van der Waals surface area (Å²) in [7, 11) is -10.3. The monoisotopic (exact) mass is 534 g/mol. The SMILES string of the molecule is N=c1ccc2c(-c3cc(C(=O)O)ccc3C(=O)O)c3ccc(N)c(S(=O)(=O)O)c3oc-2c1S(=O)(=O)O. The van der Waals surface area contributed by atoms with E-state index >= 15 is 0 Å². The fourth-order valence-electron chi connectivity index (χ4n) is 3.87. The van der Waals surface area contributed by atoms with Crippen molar-refractivity contribution in [2.24, 2.45) is 0 Å². The fraction of sp³-hybridized carbons (Fsp3) is 0. The molecule has 2 aromatic carbocycles. The minimum atomic E-state index is -5.17. The Balaban J connectivity index is 2.41. The first-order chi connectivity index (χ1) is 16.6. The van der Waals surface area contributed by atoms with Crippen LogP contribution in [0.3, 0.4) is 0 Å². The largest absolute Gasteiger partial charge is 0.478 e. The van der Waals surface area contributed by atoms with Gasteiger partial charge in [-0.2, -0.15) is 16.8 Å². The third-order valence-electron chi connectivity index (χ3n) is 5.28. The van der Waals surface area contributed by atoms with E-state index in [0.717, 1.165) is 36.4 Å². The number of nitrogens with one attached hydrogen (secondary N) is 1. The van der Waals surface area contributed by atoms with Crippen LogP contribution >= 0.6 is 0 Å². The van der Waals surface area contributed by atoms with Crippen LogP contribution in [0, 0.1) is 5.41 Å².